The van der Waals surface area contributed by atoms with Gasteiger partial charge in [-0.05, 0) is 98.7 Å². The monoisotopic (exact) mass is 620 g/mol. The Bertz CT molecular complexity index is 2330. The number of hydrogen-bond acceptors (Lipinski definition) is 8. The Morgan fingerprint density at radius 2 is 1.04 bits per heavy atom. The summed E-state index contributed by atoms with van der Waals surface area (Å²) in [5.41, 5.74) is 33.6. The second-order valence-corrected chi connectivity index (χ2v) is 12.3. The van der Waals surface area contributed by atoms with Gasteiger partial charge in [0.25, 0.3) is 0 Å². The zero-order chi connectivity index (χ0) is 33.7. The first-order valence-electron chi connectivity index (χ1n) is 15.3. The van der Waals surface area contributed by atoms with E-state index in [0.29, 0.717) is 33.9 Å². The first-order valence-corrected chi connectivity index (χ1v) is 15.3. The topological polar surface area (TPSA) is 199 Å². The number of nitrogen functional groups attached to an aromatic ring is 4. The van der Waals surface area contributed by atoms with Gasteiger partial charge in [0.2, 0.25) is 0 Å². The van der Waals surface area contributed by atoms with Crippen LogP contribution in [0.15, 0.2) is 125 Å². The van der Waals surface area contributed by atoms with Gasteiger partial charge in [-0.25, -0.2) is 0 Å². The molecule has 228 valence electrons. The highest BCUT2D eigenvalue weighted by Gasteiger charge is 2.70. The number of nitrogens with zero attached hydrogens (tertiary/aromatic N) is 4. The Kier molecular flexibility index (Phi) is 6.87. The van der Waals surface area contributed by atoms with Crippen LogP contribution in [0.4, 0.5) is 22.7 Å². The number of rotatable bonds is 4. The van der Waals surface area contributed by atoms with Gasteiger partial charge in [-0.15, -0.1) is 0 Å². The molecule has 0 radical (unpaired) electrons. The highest BCUT2D eigenvalue weighted by molar-refractivity contribution is 6.07. The quantitative estimate of drug-likeness (QED) is 0.146. The number of anilines is 4. The van der Waals surface area contributed by atoms with Crippen molar-refractivity contribution >= 4 is 39.5 Å². The van der Waals surface area contributed by atoms with E-state index in [0.717, 1.165) is 39.0 Å². The van der Waals surface area contributed by atoms with E-state index in [1.807, 2.05) is 78.9 Å². The predicted octanol–water partition coefficient (Wildman–Crippen LogP) is 6.52. The summed E-state index contributed by atoms with van der Waals surface area (Å²) in [4.78, 5) is 0. The number of benzene rings is 4. The molecule has 0 heterocycles. The first-order chi connectivity index (χ1) is 23.3. The summed E-state index contributed by atoms with van der Waals surface area (Å²) in [6, 6.07) is 38.8. The fourth-order valence-electron chi connectivity index (χ4n) is 8.42. The lowest BCUT2D eigenvalue weighted by atomic mass is 9.56. The van der Waals surface area contributed by atoms with Crippen molar-refractivity contribution in [3.63, 3.8) is 0 Å². The minimum absolute atomic E-state index is 0.0234. The third-order valence-electron chi connectivity index (χ3n) is 9.88. The van der Waals surface area contributed by atoms with Gasteiger partial charge in [-0.3, -0.25) is 0 Å². The average molecular weight is 621 g/mol. The average Bonchev–Trinajstić information content (AvgIpc) is 3.71. The van der Waals surface area contributed by atoms with Gasteiger partial charge >= 0.3 is 0 Å². The van der Waals surface area contributed by atoms with E-state index in [1.54, 1.807) is 24.3 Å². The number of nitrogens with two attached hydrogens (primary N) is 4. The molecule has 8 N–H and O–H groups in total. The molecular formula is C40H28N8. The van der Waals surface area contributed by atoms with E-state index >= 15 is 0 Å². The standard InChI is InChI=1S/C40H28N8/c41-18-25(19-42)32-17-33(22-5-1-9-28(45)13-22)40(27-8-4-12-31(48)16-27)38(32)37-34(23-6-2-10-29(46)14-23)35(24-7-3-11-30(47)15-24)39(40)36(37)26(20-43)21-44/h1-17,37-39H,45-48H2/t37-,38-,39+,40-/m1/s1. The summed E-state index contributed by atoms with van der Waals surface area (Å²) in [6.45, 7) is 0. The molecule has 4 atom stereocenters. The largest absolute Gasteiger partial charge is 0.399 e. The van der Waals surface area contributed by atoms with E-state index < -0.39 is 23.2 Å². The van der Waals surface area contributed by atoms with Crippen molar-refractivity contribution in [2.75, 3.05) is 22.9 Å². The van der Waals surface area contributed by atoms with Crippen molar-refractivity contribution in [3.05, 3.63) is 148 Å². The minimum atomic E-state index is -1.03. The second kappa shape index (κ2) is 11.1. The van der Waals surface area contributed by atoms with Crippen molar-refractivity contribution in [1.82, 2.24) is 0 Å². The Labute approximate surface area is 278 Å². The summed E-state index contributed by atoms with van der Waals surface area (Å²) >= 11 is 0. The van der Waals surface area contributed by atoms with Crippen molar-refractivity contribution in [2.24, 2.45) is 17.8 Å². The molecule has 8 nitrogen and oxygen atoms in total. The Hall–Kier alpha value is -7.00. The van der Waals surface area contributed by atoms with Crippen LogP contribution in [0.2, 0.25) is 0 Å². The van der Waals surface area contributed by atoms with Crippen molar-refractivity contribution in [1.29, 1.82) is 21.0 Å². The van der Waals surface area contributed by atoms with E-state index in [1.165, 1.54) is 0 Å². The molecule has 3 aliphatic carbocycles. The highest BCUT2D eigenvalue weighted by Crippen LogP contribution is 2.77. The lowest BCUT2D eigenvalue weighted by Crippen LogP contribution is -2.40. The summed E-state index contributed by atoms with van der Waals surface area (Å²) in [5.74, 6) is -1.81. The molecule has 48 heavy (non-hydrogen) atoms. The first kappa shape index (κ1) is 29.7. The summed E-state index contributed by atoms with van der Waals surface area (Å²) in [6.07, 6.45) is 1.93. The van der Waals surface area contributed by atoms with Gasteiger partial charge in [-0.1, -0.05) is 54.6 Å². The molecule has 8 heteroatoms. The number of allylic oxidation sites excluding steroid dienone is 8. The fraction of sp³-hybridized carbons (Fsp3) is 0.100. The summed E-state index contributed by atoms with van der Waals surface area (Å²) in [5, 5.41) is 41.8. The third-order valence-corrected chi connectivity index (χ3v) is 9.88. The maximum atomic E-state index is 10.5. The van der Waals surface area contributed by atoms with Crippen molar-refractivity contribution in [3.8, 4) is 24.3 Å². The number of nitriles is 4. The van der Waals surface area contributed by atoms with Crippen LogP contribution in [-0.2, 0) is 5.41 Å². The molecule has 0 unspecified atom stereocenters. The van der Waals surface area contributed by atoms with Crippen molar-refractivity contribution < 1.29 is 0 Å². The molecule has 7 rings (SSSR count). The zero-order valence-corrected chi connectivity index (χ0v) is 25.6. The van der Waals surface area contributed by atoms with Crippen LogP contribution in [0.5, 0.6) is 0 Å². The molecule has 4 aromatic carbocycles. The van der Waals surface area contributed by atoms with E-state index in [9.17, 15) is 21.0 Å². The van der Waals surface area contributed by atoms with E-state index in [-0.39, 0.29) is 11.1 Å². The number of fused-ring (bicyclic) bond motifs is 5. The molecule has 0 saturated heterocycles. The summed E-state index contributed by atoms with van der Waals surface area (Å²) < 4.78 is 0. The Morgan fingerprint density at radius 1 is 0.562 bits per heavy atom. The summed E-state index contributed by atoms with van der Waals surface area (Å²) in [7, 11) is 0. The lowest BCUT2D eigenvalue weighted by Gasteiger charge is -2.45. The molecule has 0 spiro atoms. The molecule has 1 fully saturated rings. The zero-order valence-electron chi connectivity index (χ0n) is 25.6. The lowest BCUT2D eigenvalue weighted by molar-refractivity contribution is 0.399. The van der Waals surface area contributed by atoms with Crippen LogP contribution in [0, 0.1) is 63.1 Å². The van der Waals surface area contributed by atoms with Crippen LogP contribution in [-0.4, -0.2) is 0 Å². The molecule has 0 aliphatic heterocycles. The normalized spacial score (nSPS) is 21.8. The number of hydrogen-bond donors (Lipinski definition) is 4. The molecule has 0 amide bonds. The van der Waals surface area contributed by atoms with Gasteiger partial charge in [0.1, 0.15) is 35.4 Å². The molecule has 1 saturated carbocycles. The molecule has 2 bridgehead atoms. The maximum Gasteiger partial charge on any atom is 0.133 e. The van der Waals surface area contributed by atoms with Crippen LogP contribution in [0.25, 0.3) is 16.7 Å². The van der Waals surface area contributed by atoms with Gasteiger partial charge in [0, 0.05) is 45.9 Å². The second-order valence-electron chi connectivity index (χ2n) is 12.3. The minimum Gasteiger partial charge on any atom is -0.399 e. The van der Waals surface area contributed by atoms with E-state index in [4.69, 9.17) is 22.9 Å². The molecule has 3 aliphatic rings. The Balaban J connectivity index is 1.75. The van der Waals surface area contributed by atoms with Gasteiger partial charge in [0.15, 0.2) is 0 Å². The van der Waals surface area contributed by atoms with Gasteiger partial charge in [-0.2, -0.15) is 21.0 Å². The SMILES string of the molecule is N#CC(C#N)=C1[C@H]2C(c3cccc(N)c3)=C(c3cccc(N)c3)[C@@H]1[C@]1(c3cccc(N)c3)C(c3cccc(N)c3)=CC(=C(C#N)C#N)[C@H]21. The Morgan fingerprint density at radius 3 is 1.56 bits per heavy atom. The van der Waals surface area contributed by atoms with Crippen LogP contribution < -0.4 is 22.9 Å². The molecule has 4 aromatic rings. The predicted molar refractivity (Wildman–Crippen MR) is 187 cm³/mol. The maximum absolute atomic E-state index is 10.5. The van der Waals surface area contributed by atoms with Crippen molar-refractivity contribution in [2.45, 2.75) is 5.41 Å². The van der Waals surface area contributed by atoms with Gasteiger partial charge < -0.3 is 22.9 Å². The third kappa shape index (κ3) is 4.11. The molecular weight excluding hydrogens is 592 g/mol. The van der Waals surface area contributed by atoms with E-state index in [2.05, 4.69) is 24.3 Å². The van der Waals surface area contributed by atoms with Crippen LogP contribution in [0.3, 0.4) is 0 Å². The smallest absolute Gasteiger partial charge is 0.133 e. The fourth-order valence-corrected chi connectivity index (χ4v) is 8.42. The van der Waals surface area contributed by atoms with Crippen LogP contribution in [0.1, 0.15) is 22.3 Å². The van der Waals surface area contributed by atoms with Gasteiger partial charge in [0.05, 0.1) is 0 Å². The van der Waals surface area contributed by atoms with Crippen LogP contribution >= 0.6 is 0 Å². The molecule has 0 aromatic heterocycles. The highest BCUT2D eigenvalue weighted by atomic mass is 14.7.